The summed E-state index contributed by atoms with van der Waals surface area (Å²) in [5.74, 6) is -0.651. The Hall–Kier alpha value is -1.31. The number of benzene rings is 1. The topological polar surface area (TPSA) is 37.3 Å². The van der Waals surface area contributed by atoms with Crippen molar-refractivity contribution in [1.82, 2.24) is 0 Å². The minimum absolute atomic E-state index is 0.346. The molecule has 1 N–H and O–H groups in total. The molecule has 0 amide bonds. The van der Waals surface area contributed by atoms with E-state index >= 15 is 0 Å². The van der Waals surface area contributed by atoms with Gasteiger partial charge in [-0.2, -0.15) is 0 Å². The van der Waals surface area contributed by atoms with Gasteiger partial charge in [0.25, 0.3) is 0 Å². The maximum absolute atomic E-state index is 10.4. The van der Waals surface area contributed by atoms with Crippen molar-refractivity contribution in [2.45, 2.75) is 149 Å². The van der Waals surface area contributed by atoms with Crippen LogP contribution in [0.2, 0.25) is 0 Å². The second-order valence-electron chi connectivity index (χ2n) is 9.66. The predicted molar refractivity (Wildman–Crippen MR) is 142 cm³/mol. The van der Waals surface area contributed by atoms with Crippen LogP contribution in [0.1, 0.15) is 146 Å². The Balaban J connectivity index is 0.000000995. The molecule has 1 aromatic carbocycles. The van der Waals surface area contributed by atoms with Crippen LogP contribution >= 0.6 is 0 Å². The number of hydrogen-bond donors (Lipinski definition) is 1. The molecule has 0 radical (unpaired) electrons. The van der Waals surface area contributed by atoms with Crippen LogP contribution in [0, 0.1) is 13.8 Å². The average molecular weight is 447 g/mol. The van der Waals surface area contributed by atoms with E-state index in [2.05, 4.69) is 45.0 Å². The van der Waals surface area contributed by atoms with Crippen LogP contribution in [0.3, 0.4) is 0 Å². The molecule has 0 spiro atoms. The summed E-state index contributed by atoms with van der Waals surface area (Å²) in [6.07, 6.45) is 26.1. The SMILES string of the molecule is CCCCCCCCCCCCCCCCCCCCCC(=O)O.Cc1ccc(C)cc1. The number of hydrogen-bond acceptors (Lipinski definition) is 1. The summed E-state index contributed by atoms with van der Waals surface area (Å²) in [6.45, 7) is 6.48. The highest BCUT2D eigenvalue weighted by atomic mass is 16.4. The Morgan fingerprint density at radius 3 is 1.03 bits per heavy atom. The summed E-state index contributed by atoms with van der Waals surface area (Å²) in [5.41, 5.74) is 2.66. The number of aliphatic carboxylic acids is 1. The largest absolute Gasteiger partial charge is 0.481 e. The fourth-order valence-corrected chi connectivity index (χ4v) is 3.99. The molecule has 0 bridgehead atoms. The molecule has 0 heterocycles. The molecule has 0 aliphatic carbocycles. The molecular formula is C30H54O2. The van der Waals surface area contributed by atoms with E-state index in [4.69, 9.17) is 5.11 Å². The van der Waals surface area contributed by atoms with Crippen LogP contribution < -0.4 is 0 Å². The van der Waals surface area contributed by atoms with E-state index in [1.54, 1.807) is 0 Å². The lowest BCUT2D eigenvalue weighted by atomic mass is 10.0. The fraction of sp³-hybridized carbons (Fsp3) is 0.767. The van der Waals surface area contributed by atoms with Crippen LogP contribution in [0.5, 0.6) is 0 Å². The molecule has 0 atom stereocenters. The minimum Gasteiger partial charge on any atom is -0.481 e. The van der Waals surface area contributed by atoms with Crippen molar-refractivity contribution in [3.63, 3.8) is 0 Å². The van der Waals surface area contributed by atoms with Gasteiger partial charge >= 0.3 is 5.97 Å². The van der Waals surface area contributed by atoms with Gasteiger partial charge in [-0.25, -0.2) is 0 Å². The molecule has 1 rings (SSSR count). The zero-order valence-corrected chi connectivity index (χ0v) is 21.8. The van der Waals surface area contributed by atoms with Gasteiger partial charge in [0.15, 0.2) is 0 Å². The van der Waals surface area contributed by atoms with E-state index < -0.39 is 5.97 Å². The molecule has 2 heteroatoms. The van der Waals surface area contributed by atoms with Gasteiger partial charge in [-0.1, -0.05) is 158 Å². The highest BCUT2D eigenvalue weighted by Crippen LogP contribution is 2.14. The molecule has 0 fully saturated rings. The molecule has 2 nitrogen and oxygen atoms in total. The first-order valence-electron chi connectivity index (χ1n) is 13.8. The molecule has 0 saturated carbocycles. The number of unbranched alkanes of at least 4 members (excludes halogenated alkanes) is 18. The Kier molecular flexibility index (Phi) is 23.3. The van der Waals surface area contributed by atoms with Crippen molar-refractivity contribution in [3.05, 3.63) is 35.4 Å². The monoisotopic (exact) mass is 446 g/mol. The molecule has 186 valence electrons. The zero-order chi connectivity index (χ0) is 23.7. The van der Waals surface area contributed by atoms with Gasteiger partial charge in [-0.05, 0) is 20.3 Å². The highest BCUT2D eigenvalue weighted by Gasteiger charge is 1.97. The molecule has 0 aromatic heterocycles. The van der Waals surface area contributed by atoms with E-state index in [0.717, 1.165) is 12.8 Å². The van der Waals surface area contributed by atoms with Crippen molar-refractivity contribution < 1.29 is 9.90 Å². The normalized spacial score (nSPS) is 10.6. The number of carboxylic acids is 1. The number of rotatable bonds is 20. The van der Waals surface area contributed by atoms with Crippen LogP contribution in [0.25, 0.3) is 0 Å². The van der Waals surface area contributed by atoms with Crippen molar-refractivity contribution in [2.75, 3.05) is 0 Å². The average Bonchev–Trinajstić information content (AvgIpc) is 2.77. The van der Waals surface area contributed by atoms with Crippen LogP contribution in [-0.2, 0) is 4.79 Å². The van der Waals surface area contributed by atoms with Crippen molar-refractivity contribution >= 4 is 5.97 Å². The molecule has 0 unspecified atom stereocenters. The van der Waals surface area contributed by atoms with Crippen LogP contribution in [-0.4, -0.2) is 11.1 Å². The summed E-state index contributed by atoms with van der Waals surface area (Å²) in [6, 6.07) is 8.48. The standard InChI is InChI=1S/C22H44O2.C8H10/c1-2-3-4-5-6-7-8-9-10-11-12-13-14-15-16-17-18-19-20-21-22(23)24;1-7-3-5-8(2)6-4-7/h2-21H2,1H3,(H,23,24);3-6H,1-2H3. The van der Waals surface area contributed by atoms with Gasteiger partial charge in [-0.3, -0.25) is 4.79 Å². The van der Waals surface area contributed by atoms with Crippen molar-refractivity contribution in [1.29, 1.82) is 0 Å². The summed E-state index contributed by atoms with van der Waals surface area (Å²) in [7, 11) is 0. The minimum atomic E-state index is -0.651. The Labute approximate surface area is 200 Å². The van der Waals surface area contributed by atoms with Gasteiger partial charge < -0.3 is 5.11 Å². The molecular weight excluding hydrogens is 392 g/mol. The van der Waals surface area contributed by atoms with Crippen LogP contribution in [0.4, 0.5) is 0 Å². The predicted octanol–water partition coefficient (Wildman–Crippen LogP) is 10.2. The summed E-state index contributed by atoms with van der Waals surface area (Å²) in [4.78, 5) is 10.4. The lowest BCUT2D eigenvalue weighted by molar-refractivity contribution is -0.137. The zero-order valence-electron chi connectivity index (χ0n) is 21.8. The summed E-state index contributed by atoms with van der Waals surface area (Å²) < 4.78 is 0. The smallest absolute Gasteiger partial charge is 0.303 e. The lowest BCUT2D eigenvalue weighted by Gasteiger charge is -2.03. The van der Waals surface area contributed by atoms with Gasteiger partial charge in [0.2, 0.25) is 0 Å². The van der Waals surface area contributed by atoms with E-state index in [0.29, 0.717) is 6.42 Å². The third-order valence-electron chi connectivity index (χ3n) is 6.21. The number of aryl methyl sites for hydroxylation is 2. The first-order chi connectivity index (χ1) is 15.6. The van der Waals surface area contributed by atoms with Crippen molar-refractivity contribution in [2.24, 2.45) is 0 Å². The van der Waals surface area contributed by atoms with E-state index in [1.807, 2.05) is 0 Å². The Morgan fingerprint density at radius 2 is 0.781 bits per heavy atom. The summed E-state index contributed by atoms with van der Waals surface area (Å²) in [5, 5.41) is 8.56. The quantitative estimate of drug-likeness (QED) is 0.202. The van der Waals surface area contributed by atoms with Gasteiger partial charge in [0.1, 0.15) is 0 Å². The van der Waals surface area contributed by atoms with E-state index in [9.17, 15) is 4.79 Å². The number of carboxylic acid groups (broad SMARTS) is 1. The molecule has 0 aliphatic heterocycles. The molecule has 1 aromatic rings. The lowest BCUT2D eigenvalue weighted by Crippen LogP contribution is -1.93. The summed E-state index contributed by atoms with van der Waals surface area (Å²) >= 11 is 0. The number of carbonyl (C=O) groups is 1. The molecule has 32 heavy (non-hydrogen) atoms. The first kappa shape index (κ1) is 30.7. The van der Waals surface area contributed by atoms with Gasteiger partial charge in [0.05, 0.1) is 0 Å². The van der Waals surface area contributed by atoms with Gasteiger partial charge in [0, 0.05) is 6.42 Å². The maximum Gasteiger partial charge on any atom is 0.303 e. The Morgan fingerprint density at radius 1 is 0.531 bits per heavy atom. The van der Waals surface area contributed by atoms with E-state index in [-0.39, 0.29) is 0 Å². The van der Waals surface area contributed by atoms with Crippen LogP contribution in [0.15, 0.2) is 24.3 Å². The third-order valence-corrected chi connectivity index (χ3v) is 6.21. The van der Waals surface area contributed by atoms with Crippen molar-refractivity contribution in [3.8, 4) is 0 Å². The third kappa shape index (κ3) is 25.0. The first-order valence-corrected chi connectivity index (χ1v) is 13.8. The van der Waals surface area contributed by atoms with Gasteiger partial charge in [-0.15, -0.1) is 0 Å². The second-order valence-corrected chi connectivity index (χ2v) is 9.66. The Bertz CT molecular complexity index is 485. The highest BCUT2D eigenvalue weighted by molar-refractivity contribution is 5.66. The molecule has 0 saturated heterocycles. The maximum atomic E-state index is 10.4. The second kappa shape index (κ2) is 24.3. The molecule has 0 aliphatic rings. The fourth-order valence-electron chi connectivity index (χ4n) is 3.99. The van der Waals surface area contributed by atoms with E-state index in [1.165, 1.54) is 120 Å².